The van der Waals surface area contributed by atoms with Gasteiger partial charge in [-0.2, -0.15) is 0 Å². The van der Waals surface area contributed by atoms with E-state index in [0.717, 1.165) is 18.4 Å². The molecule has 3 aliphatic rings. The monoisotopic (exact) mass is 264 g/mol. The number of esters is 1. The number of carbonyl (C=O) groups is 1. The Morgan fingerprint density at radius 2 is 2.32 bits per heavy atom. The Labute approximate surface area is 112 Å². The van der Waals surface area contributed by atoms with Gasteiger partial charge in [0.05, 0.1) is 12.7 Å². The maximum Gasteiger partial charge on any atom is 0.334 e. The molecule has 0 aromatic rings. The minimum atomic E-state index is -0.443. The van der Waals surface area contributed by atoms with Crippen molar-refractivity contribution < 1.29 is 19.7 Å². The van der Waals surface area contributed by atoms with E-state index in [2.05, 4.69) is 6.58 Å². The van der Waals surface area contributed by atoms with E-state index >= 15 is 0 Å². The highest BCUT2D eigenvalue weighted by Crippen LogP contribution is 2.56. The van der Waals surface area contributed by atoms with Crippen LogP contribution < -0.4 is 0 Å². The van der Waals surface area contributed by atoms with Gasteiger partial charge in [-0.05, 0) is 24.8 Å². The van der Waals surface area contributed by atoms with Crippen molar-refractivity contribution in [2.45, 2.75) is 38.4 Å². The van der Waals surface area contributed by atoms with E-state index in [-0.39, 0.29) is 35.9 Å². The summed E-state index contributed by atoms with van der Waals surface area (Å²) in [7, 11) is 0. The van der Waals surface area contributed by atoms with E-state index < -0.39 is 6.10 Å². The highest BCUT2D eigenvalue weighted by atomic mass is 16.6. The molecule has 0 bridgehead atoms. The Bertz CT molecular complexity index is 467. The predicted octanol–water partition coefficient (Wildman–Crippen LogP) is 1.18. The van der Waals surface area contributed by atoms with E-state index in [9.17, 15) is 15.0 Å². The molecule has 0 aromatic carbocycles. The molecule has 0 unspecified atom stereocenters. The van der Waals surface area contributed by atoms with Crippen LogP contribution in [0.4, 0.5) is 0 Å². The van der Waals surface area contributed by atoms with Gasteiger partial charge in [0.2, 0.25) is 0 Å². The third-order valence-corrected chi connectivity index (χ3v) is 5.33. The summed E-state index contributed by atoms with van der Waals surface area (Å²) in [5.74, 6) is -0.384. The van der Waals surface area contributed by atoms with Gasteiger partial charge in [0, 0.05) is 22.8 Å². The van der Waals surface area contributed by atoms with Crippen LogP contribution >= 0.6 is 0 Å². The van der Waals surface area contributed by atoms with E-state index in [1.807, 2.05) is 13.0 Å². The molecular weight excluding hydrogens is 244 g/mol. The number of carbonyl (C=O) groups excluding carboxylic acids is 1. The molecule has 2 fully saturated rings. The summed E-state index contributed by atoms with van der Waals surface area (Å²) < 4.78 is 5.49. The number of hydrogen-bond acceptors (Lipinski definition) is 4. The van der Waals surface area contributed by atoms with Gasteiger partial charge in [0.15, 0.2) is 0 Å². The van der Waals surface area contributed by atoms with Gasteiger partial charge in [-0.3, -0.25) is 0 Å². The molecule has 2 N–H and O–H groups in total. The van der Waals surface area contributed by atoms with Gasteiger partial charge in [0.25, 0.3) is 0 Å². The predicted molar refractivity (Wildman–Crippen MR) is 69.1 cm³/mol. The normalized spacial score (nSPS) is 45.3. The molecule has 1 saturated carbocycles. The Morgan fingerprint density at radius 3 is 3.00 bits per heavy atom. The molecule has 3 rings (SSSR count). The van der Waals surface area contributed by atoms with Crippen LogP contribution in [0.3, 0.4) is 0 Å². The smallest absolute Gasteiger partial charge is 0.334 e. The summed E-state index contributed by atoms with van der Waals surface area (Å²) in [6, 6.07) is 0. The number of fused-ring (bicyclic) bond motifs is 3. The second kappa shape index (κ2) is 4.18. The highest BCUT2D eigenvalue weighted by Gasteiger charge is 2.57. The SMILES string of the molecule is C=C1C(=O)O[C@@H]2[C@@H]1CC[C@]1(C)[C@@H](O)CC=C(CO)[C@@H]21. The fraction of sp³-hybridized carbons (Fsp3) is 0.667. The summed E-state index contributed by atoms with van der Waals surface area (Å²) in [6.07, 6.45) is 3.39. The molecule has 4 heteroatoms. The van der Waals surface area contributed by atoms with Gasteiger partial charge >= 0.3 is 5.97 Å². The third kappa shape index (κ3) is 1.63. The van der Waals surface area contributed by atoms with Crippen molar-refractivity contribution in [1.29, 1.82) is 0 Å². The number of aliphatic hydroxyl groups excluding tert-OH is 2. The molecule has 1 aliphatic heterocycles. The molecule has 2 aliphatic carbocycles. The van der Waals surface area contributed by atoms with Crippen molar-refractivity contribution in [3.8, 4) is 0 Å². The number of rotatable bonds is 1. The number of hydrogen-bond donors (Lipinski definition) is 2. The van der Waals surface area contributed by atoms with Crippen molar-refractivity contribution >= 4 is 5.97 Å². The van der Waals surface area contributed by atoms with E-state index in [4.69, 9.17) is 4.74 Å². The Morgan fingerprint density at radius 1 is 1.58 bits per heavy atom. The zero-order valence-corrected chi connectivity index (χ0v) is 11.1. The molecule has 0 aromatic heterocycles. The topological polar surface area (TPSA) is 66.8 Å². The molecule has 5 atom stereocenters. The second-order valence-electron chi connectivity index (χ2n) is 6.21. The van der Waals surface area contributed by atoms with Crippen molar-refractivity contribution in [2.75, 3.05) is 6.61 Å². The summed E-state index contributed by atoms with van der Waals surface area (Å²) in [5, 5.41) is 19.9. The second-order valence-corrected chi connectivity index (χ2v) is 6.21. The lowest BCUT2D eigenvalue weighted by Crippen LogP contribution is -2.53. The first-order valence-corrected chi connectivity index (χ1v) is 6.86. The maximum atomic E-state index is 11.7. The lowest BCUT2D eigenvalue weighted by Gasteiger charge is -2.51. The lowest BCUT2D eigenvalue weighted by molar-refractivity contribution is -0.149. The van der Waals surface area contributed by atoms with Crippen LogP contribution in [0.25, 0.3) is 0 Å². The quantitative estimate of drug-likeness (QED) is 0.424. The van der Waals surface area contributed by atoms with Crippen LogP contribution in [0.2, 0.25) is 0 Å². The Hall–Kier alpha value is -1.13. The minimum absolute atomic E-state index is 0.0332. The average Bonchev–Trinajstić information content (AvgIpc) is 2.67. The lowest BCUT2D eigenvalue weighted by atomic mass is 9.55. The van der Waals surface area contributed by atoms with Gasteiger partial charge < -0.3 is 14.9 Å². The van der Waals surface area contributed by atoms with Gasteiger partial charge in [0.1, 0.15) is 6.10 Å². The Balaban J connectivity index is 2.03. The molecule has 104 valence electrons. The molecule has 4 nitrogen and oxygen atoms in total. The summed E-state index contributed by atoms with van der Waals surface area (Å²) in [5.41, 5.74) is 1.12. The van der Waals surface area contributed by atoms with Crippen molar-refractivity contribution in [3.63, 3.8) is 0 Å². The first-order chi connectivity index (χ1) is 8.99. The highest BCUT2D eigenvalue weighted by molar-refractivity contribution is 5.91. The standard InChI is InChI=1S/C15H20O4/c1-8-10-5-6-15(2)11(17)4-3-9(7-16)12(15)13(10)19-14(8)18/h3,10-13,16-17H,1,4-7H2,2H3/t10-,11+,12+,13-,15-/m1/s1. The minimum Gasteiger partial charge on any atom is -0.458 e. The molecule has 1 heterocycles. The first-order valence-electron chi connectivity index (χ1n) is 6.86. The molecule has 0 radical (unpaired) electrons. The molecule has 0 spiro atoms. The van der Waals surface area contributed by atoms with Crippen LogP contribution in [0.5, 0.6) is 0 Å². The fourth-order valence-corrected chi connectivity index (χ4v) is 4.10. The number of aliphatic hydroxyl groups is 2. The van der Waals surface area contributed by atoms with Gasteiger partial charge in [-0.1, -0.05) is 19.6 Å². The summed E-state index contributed by atoms with van der Waals surface area (Å²) >= 11 is 0. The van der Waals surface area contributed by atoms with E-state index in [1.165, 1.54) is 0 Å². The van der Waals surface area contributed by atoms with Crippen LogP contribution in [0.1, 0.15) is 26.2 Å². The average molecular weight is 264 g/mol. The van der Waals surface area contributed by atoms with Crippen molar-refractivity contribution in [1.82, 2.24) is 0 Å². The fourth-order valence-electron chi connectivity index (χ4n) is 4.10. The molecular formula is C15H20O4. The molecule has 0 amide bonds. The van der Waals surface area contributed by atoms with Crippen LogP contribution in [0.15, 0.2) is 23.8 Å². The summed E-state index contributed by atoms with van der Waals surface area (Å²) in [6.45, 7) is 5.83. The van der Waals surface area contributed by atoms with Gasteiger partial charge in [-0.25, -0.2) is 4.79 Å². The largest absolute Gasteiger partial charge is 0.458 e. The Kier molecular flexibility index (Phi) is 2.84. The van der Waals surface area contributed by atoms with Crippen LogP contribution in [0, 0.1) is 17.3 Å². The van der Waals surface area contributed by atoms with Crippen molar-refractivity contribution in [3.05, 3.63) is 23.8 Å². The van der Waals surface area contributed by atoms with Crippen LogP contribution in [-0.4, -0.2) is 35.0 Å². The zero-order valence-electron chi connectivity index (χ0n) is 11.1. The molecule has 19 heavy (non-hydrogen) atoms. The third-order valence-electron chi connectivity index (χ3n) is 5.33. The van der Waals surface area contributed by atoms with Crippen molar-refractivity contribution in [2.24, 2.45) is 17.3 Å². The summed E-state index contributed by atoms with van der Waals surface area (Å²) in [4.78, 5) is 11.7. The van der Waals surface area contributed by atoms with E-state index in [0.29, 0.717) is 12.0 Å². The van der Waals surface area contributed by atoms with Gasteiger partial charge in [-0.15, -0.1) is 0 Å². The van der Waals surface area contributed by atoms with E-state index in [1.54, 1.807) is 0 Å². The maximum absolute atomic E-state index is 11.7. The first kappa shape index (κ1) is 12.9. The van der Waals surface area contributed by atoms with Crippen LogP contribution in [-0.2, 0) is 9.53 Å². The molecule has 1 saturated heterocycles. The number of ether oxygens (including phenoxy) is 1. The zero-order chi connectivity index (χ0) is 13.8.